The molecular weight excluding hydrogens is 292 g/mol. The van der Waals surface area contributed by atoms with E-state index in [1.54, 1.807) is 0 Å². The molecule has 1 N–H and O–H groups in total. The third kappa shape index (κ3) is 3.39. The van der Waals surface area contributed by atoms with E-state index in [-0.39, 0.29) is 5.92 Å². The Kier molecular flexibility index (Phi) is 4.10. The smallest absolute Gasteiger partial charge is 0.321 e. The van der Waals surface area contributed by atoms with Gasteiger partial charge in [-0.3, -0.25) is 0 Å². The maximum absolute atomic E-state index is 5.15. The number of aromatic nitrogens is 5. The number of hydrogen-bond donors (Lipinski definition) is 1. The van der Waals surface area contributed by atoms with E-state index in [4.69, 9.17) is 4.52 Å². The molecule has 0 atom stereocenters. The molecule has 3 aromatic rings. The van der Waals surface area contributed by atoms with E-state index in [1.807, 2.05) is 56.8 Å². The zero-order valence-electron chi connectivity index (χ0n) is 13.7. The topological polar surface area (TPSA) is 81.7 Å². The Morgan fingerprint density at radius 3 is 2.65 bits per heavy atom. The van der Waals surface area contributed by atoms with Gasteiger partial charge in [0.15, 0.2) is 11.6 Å². The number of aryl methyl sites for hydroxylation is 2. The van der Waals surface area contributed by atoms with Crippen LogP contribution in [0.4, 0.5) is 6.01 Å². The summed E-state index contributed by atoms with van der Waals surface area (Å²) in [6, 6.07) is 6.41. The van der Waals surface area contributed by atoms with Crippen molar-refractivity contribution >= 4 is 6.01 Å². The summed E-state index contributed by atoms with van der Waals surface area (Å²) < 4.78 is 6.99. The maximum Gasteiger partial charge on any atom is 0.321 e. The van der Waals surface area contributed by atoms with Gasteiger partial charge < -0.3 is 9.84 Å². The van der Waals surface area contributed by atoms with E-state index in [0.29, 0.717) is 18.4 Å². The summed E-state index contributed by atoms with van der Waals surface area (Å²) in [5, 5.41) is 11.5. The monoisotopic (exact) mass is 312 g/mol. The summed E-state index contributed by atoms with van der Waals surface area (Å²) in [5.41, 5.74) is 3.07. The zero-order chi connectivity index (χ0) is 16.4. The summed E-state index contributed by atoms with van der Waals surface area (Å²) in [4.78, 5) is 8.74. The SMILES string of the molecule is Cc1cc(C)n(-c2ccc(CNc3nc(C(C)C)no3)cn2)n1. The molecule has 0 radical (unpaired) electrons. The highest BCUT2D eigenvalue weighted by molar-refractivity contribution is 5.30. The van der Waals surface area contributed by atoms with E-state index in [2.05, 4.69) is 25.5 Å². The van der Waals surface area contributed by atoms with Crippen molar-refractivity contribution in [2.24, 2.45) is 0 Å². The first-order valence-electron chi connectivity index (χ1n) is 7.59. The van der Waals surface area contributed by atoms with Gasteiger partial charge in [0.2, 0.25) is 0 Å². The minimum atomic E-state index is 0.246. The van der Waals surface area contributed by atoms with Crippen LogP contribution in [0, 0.1) is 13.8 Å². The molecule has 120 valence electrons. The molecule has 0 aliphatic heterocycles. The number of anilines is 1. The third-order valence-corrected chi connectivity index (χ3v) is 3.44. The van der Waals surface area contributed by atoms with Gasteiger partial charge in [0.05, 0.1) is 5.69 Å². The highest BCUT2D eigenvalue weighted by Gasteiger charge is 2.09. The van der Waals surface area contributed by atoms with Crippen LogP contribution in [0.25, 0.3) is 5.82 Å². The van der Waals surface area contributed by atoms with Crippen molar-refractivity contribution in [3.8, 4) is 5.82 Å². The van der Waals surface area contributed by atoms with Gasteiger partial charge in [-0.1, -0.05) is 25.1 Å². The second kappa shape index (κ2) is 6.20. The summed E-state index contributed by atoms with van der Waals surface area (Å²) >= 11 is 0. The van der Waals surface area contributed by atoms with Gasteiger partial charge in [-0.15, -0.1) is 0 Å². The average Bonchev–Trinajstić information content (AvgIpc) is 3.12. The lowest BCUT2D eigenvalue weighted by Gasteiger charge is -2.05. The molecule has 0 aromatic carbocycles. The Balaban J connectivity index is 1.66. The highest BCUT2D eigenvalue weighted by atomic mass is 16.5. The molecule has 3 aromatic heterocycles. The number of hydrogen-bond acceptors (Lipinski definition) is 6. The van der Waals surface area contributed by atoms with Crippen molar-refractivity contribution in [2.75, 3.05) is 5.32 Å². The first-order chi connectivity index (χ1) is 11.0. The standard InChI is InChI=1S/C16H20N6O/c1-10(2)15-19-16(23-21-15)18-9-13-5-6-14(17-8-13)22-12(4)7-11(3)20-22/h5-8,10H,9H2,1-4H3,(H,18,19,21). The second-order valence-corrected chi connectivity index (χ2v) is 5.83. The fraction of sp³-hybridized carbons (Fsp3) is 0.375. The Hall–Kier alpha value is -2.70. The first-order valence-corrected chi connectivity index (χ1v) is 7.59. The third-order valence-electron chi connectivity index (χ3n) is 3.44. The minimum absolute atomic E-state index is 0.246. The van der Waals surface area contributed by atoms with E-state index in [1.165, 1.54) is 0 Å². The average molecular weight is 312 g/mol. The molecule has 0 amide bonds. The van der Waals surface area contributed by atoms with Crippen molar-refractivity contribution in [3.05, 3.63) is 47.2 Å². The second-order valence-electron chi connectivity index (χ2n) is 5.83. The molecule has 0 aliphatic carbocycles. The summed E-state index contributed by atoms with van der Waals surface area (Å²) in [6.45, 7) is 8.60. The van der Waals surface area contributed by atoms with E-state index in [0.717, 1.165) is 22.8 Å². The predicted octanol–water partition coefficient (Wildman–Crippen LogP) is 3.00. The van der Waals surface area contributed by atoms with Gasteiger partial charge in [0.25, 0.3) is 0 Å². The predicted molar refractivity (Wildman–Crippen MR) is 86.5 cm³/mol. The van der Waals surface area contributed by atoms with Crippen LogP contribution < -0.4 is 5.32 Å². The largest absolute Gasteiger partial charge is 0.334 e. The quantitative estimate of drug-likeness (QED) is 0.780. The Morgan fingerprint density at radius 2 is 2.09 bits per heavy atom. The Morgan fingerprint density at radius 1 is 1.26 bits per heavy atom. The molecule has 0 fully saturated rings. The van der Waals surface area contributed by atoms with Crippen LogP contribution in [0.5, 0.6) is 0 Å². The fourth-order valence-corrected chi connectivity index (χ4v) is 2.23. The van der Waals surface area contributed by atoms with Crippen molar-refractivity contribution < 1.29 is 4.52 Å². The van der Waals surface area contributed by atoms with E-state index < -0.39 is 0 Å². The normalized spacial score (nSPS) is 11.2. The number of nitrogens with zero attached hydrogens (tertiary/aromatic N) is 5. The maximum atomic E-state index is 5.15. The summed E-state index contributed by atoms with van der Waals surface area (Å²) in [7, 11) is 0. The number of pyridine rings is 1. The van der Waals surface area contributed by atoms with Crippen molar-refractivity contribution in [2.45, 2.75) is 40.2 Å². The molecular formula is C16H20N6O. The van der Waals surface area contributed by atoms with Crippen molar-refractivity contribution in [1.82, 2.24) is 24.9 Å². The molecule has 3 heterocycles. The first kappa shape index (κ1) is 15.2. The lowest BCUT2D eigenvalue weighted by molar-refractivity contribution is 0.419. The molecule has 0 spiro atoms. The molecule has 3 rings (SSSR count). The van der Waals surface area contributed by atoms with Gasteiger partial charge in [-0.25, -0.2) is 9.67 Å². The number of rotatable bonds is 5. The molecule has 0 unspecified atom stereocenters. The fourth-order valence-electron chi connectivity index (χ4n) is 2.23. The van der Waals surface area contributed by atoms with Crippen LogP contribution in [-0.2, 0) is 6.54 Å². The minimum Gasteiger partial charge on any atom is -0.334 e. The van der Waals surface area contributed by atoms with E-state index in [9.17, 15) is 0 Å². The van der Waals surface area contributed by atoms with Crippen LogP contribution in [0.3, 0.4) is 0 Å². The molecule has 0 aliphatic rings. The highest BCUT2D eigenvalue weighted by Crippen LogP contribution is 2.14. The lowest BCUT2D eigenvalue weighted by Crippen LogP contribution is -2.04. The molecule has 7 nitrogen and oxygen atoms in total. The van der Waals surface area contributed by atoms with Crippen molar-refractivity contribution in [3.63, 3.8) is 0 Å². The molecule has 23 heavy (non-hydrogen) atoms. The molecule has 0 saturated heterocycles. The molecule has 0 saturated carbocycles. The van der Waals surface area contributed by atoms with Gasteiger partial charge >= 0.3 is 6.01 Å². The van der Waals surface area contributed by atoms with Gasteiger partial charge in [0.1, 0.15) is 0 Å². The summed E-state index contributed by atoms with van der Waals surface area (Å²) in [6.07, 6.45) is 1.82. The van der Waals surface area contributed by atoms with E-state index >= 15 is 0 Å². The van der Waals surface area contributed by atoms with Crippen LogP contribution in [0.2, 0.25) is 0 Å². The lowest BCUT2D eigenvalue weighted by atomic mass is 10.2. The van der Waals surface area contributed by atoms with Crippen LogP contribution >= 0.6 is 0 Å². The van der Waals surface area contributed by atoms with Gasteiger partial charge in [-0.05, 0) is 31.5 Å². The Labute approximate surface area is 134 Å². The molecule has 0 bridgehead atoms. The van der Waals surface area contributed by atoms with Crippen LogP contribution in [0.1, 0.15) is 42.5 Å². The Bertz CT molecular complexity index is 787. The van der Waals surface area contributed by atoms with Gasteiger partial charge in [0, 0.05) is 24.4 Å². The number of nitrogens with one attached hydrogen (secondary N) is 1. The summed E-state index contributed by atoms with van der Waals surface area (Å²) in [5.74, 6) is 1.75. The van der Waals surface area contributed by atoms with Gasteiger partial charge in [-0.2, -0.15) is 10.1 Å². The van der Waals surface area contributed by atoms with Crippen molar-refractivity contribution in [1.29, 1.82) is 0 Å². The van der Waals surface area contributed by atoms with Crippen LogP contribution in [0.15, 0.2) is 28.9 Å². The molecule has 7 heteroatoms. The van der Waals surface area contributed by atoms with Crippen LogP contribution in [-0.4, -0.2) is 24.9 Å². The zero-order valence-corrected chi connectivity index (χ0v) is 13.7.